The van der Waals surface area contributed by atoms with Crippen LogP contribution in [0, 0.1) is 20.8 Å². The number of nitrogens with two attached hydrogens (primary N) is 1. The van der Waals surface area contributed by atoms with Crippen LogP contribution in [-0.4, -0.2) is 46.5 Å². The maximum atomic E-state index is 12.9. The van der Waals surface area contributed by atoms with E-state index in [0.29, 0.717) is 6.42 Å². The first kappa shape index (κ1) is 18.2. The molecule has 1 saturated heterocycles. The van der Waals surface area contributed by atoms with Crippen molar-refractivity contribution in [2.45, 2.75) is 40.2 Å². The van der Waals surface area contributed by atoms with E-state index in [9.17, 15) is 4.79 Å². The highest BCUT2D eigenvalue weighted by Gasteiger charge is 2.28. The summed E-state index contributed by atoms with van der Waals surface area (Å²) < 4.78 is 0. The number of benzene rings is 1. The number of anilines is 2. The van der Waals surface area contributed by atoms with Crippen molar-refractivity contribution in [2.24, 2.45) is 0 Å². The topological polar surface area (TPSA) is 75.3 Å². The van der Waals surface area contributed by atoms with Crippen LogP contribution < -0.4 is 10.6 Å². The average molecular weight is 353 g/mol. The normalized spacial score (nSPS) is 17.5. The molecule has 0 spiro atoms. The Morgan fingerprint density at radius 3 is 2.42 bits per heavy atom. The van der Waals surface area contributed by atoms with Crippen LogP contribution in [0.5, 0.6) is 0 Å². The largest absolute Gasteiger partial charge is 0.368 e. The number of aryl methyl sites for hydroxylation is 3. The number of amides is 1. The molecule has 0 bridgehead atoms. The Hall–Kier alpha value is -2.63. The van der Waals surface area contributed by atoms with E-state index in [1.807, 2.05) is 18.7 Å². The molecule has 1 aromatic heterocycles. The van der Waals surface area contributed by atoms with Crippen molar-refractivity contribution in [2.75, 3.05) is 30.3 Å². The maximum absolute atomic E-state index is 12.9. The van der Waals surface area contributed by atoms with E-state index in [0.717, 1.165) is 36.6 Å². The highest BCUT2D eigenvalue weighted by Crippen LogP contribution is 2.23. The molecule has 2 N–H and O–H groups in total. The second kappa shape index (κ2) is 7.32. The molecule has 3 rings (SSSR count). The fraction of sp³-hybridized carbons (Fsp3) is 0.450. The lowest BCUT2D eigenvalue weighted by Gasteiger charge is -2.41. The van der Waals surface area contributed by atoms with Gasteiger partial charge in [0.15, 0.2) is 0 Å². The smallest absolute Gasteiger partial charge is 0.227 e. The Balaban J connectivity index is 1.70. The molecule has 1 fully saturated rings. The second-order valence-corrected chi connectivity index (χ2v) is 7.08. The number of carbonyl (C=O) groups excluding carboxylic acids is 1. The fourth-order valence-electron chi connectivity index (χ4n) is 3.74. The molecule has 26 heavy (non-hydrogen) atoms. The van der Waals surface area contributed by atoms with Gasteiger partial charge in [-0.1, -0.05) is 18.2 Å². The van der Waals surface area contributed by atoms with Crippen LogP contribution in [0.1, 0.15) is 29.4 Å². The number of carbonyl (C=O) groups is 1. The fourth-order valence-corrected chi connectivity index (χ4v) is 3.74. The number of hydrogen-bond donors (Lipinski definition) is 1. The van der Waals surface area contributed by atoms with E-state index in [1.54, 1.807) is 0 Å². The molecule has 1 amide bonds. The van der Waals surface area contributed by atoms with Crippen LogP contribution in [0.3, 0.4) is 0 Å². The van der Waals surface area contributed by atoms with Gasteiger partial charge in [0, 0.05) is 48.3 Å². The number of para-hydroxylation sites is 1. The predicted octanol–water partition coefficient (Wildman–Crippen LogP) is 2.26. The van der Waals surface area contributed by atoms with Crippen LogP contribution in [0.4, 0.5) is 11.6 Å². The van der Waals surface area contributed by atoms with E-state index < -0.39 is 0 Å². The van der Waals surface area contributed by atoms with Crippen LogP contribution >= 0.6 is 0 Å². The third-order valence-corrected chi connectivity index (χ3v) is 5.17. The molecular formula is C20H27N5O. The Morgan fingerprint density at radius 1 is 1.15 bits per heavy atom. The lowest BCUT2D eigenvalue weighted by Crippen LogP contribution is -2.54. The van der Waals surface area contributed by atoms with Crippen LogP contribution in [0.2, 0.25) is 0 Å². The molecule has 6 heteroatoms. The Kier molecular flexibility index (Phi) is 5.11. The van der Waals surface area contributed by atoms with E-state index in [-0.39, 0.29) is 17.9 Å². The van der Waals surface area contributed by atoms with Gasteiger partial charge in [0.2, 0.25) is 11.9 Å². The van der Waals surface area contributed by atoms with Crippen LogP contribution in [0.15, 0.2) is 24.3 Å². The summed E-state index contributed by atoms with van der Waals surface area (Å²) in [5.74, 6) is 0.387. The van der Waals surface area contributed by atoms with Crippen molar-refractivity contribution in [3.63, 3.8) is 0 Å². The Bertz CT molecular complexity index is 797. The number of piperazine rings is 1. The molecule has 0 radical (unpaired) electrons. The SMILES string of the molecule is Cc1ccccc1N1CCN(C(=O)Cc2c(C)nc(N)nc2C)[C@H](C)C1. The molecule has 6 nitrogen and oxygen atoms in total. The first-order valence-corrected chi connectivity index (χ1v) is 9.06. The molecule has 0 saturated carbocycles. The monoisotopic (exact) mass is 353 g/mol. The van der Waals surface area contributed by atoms with E-state index in [2.05, 4.69) is 53.0 Å². The molecule has 138 valence electrons. The maximum Gasteiger partial charge on any atom is 0.227 e. The van der Waals surface area contributed by atoms with Crippen molar-refractivity contribution in [3.8, 4) is 0 Å². The molecule has 0 aliphatic carbocycles. The van der Waals surface area contributed by atoms with E-state index in [4.69, 9.17) is 5.73 Å². The van der Waals surface area contributed by atoms with Gasteiger partial charge in [-0.25, -0.2) is 9.97 Å². The number of nitrogens with zero attached hydrogens (tertiary/aromatic N) is 4. The number of aromatic nitrogens is 2. The van der Waals surface area contributed by atoms with Crippen LogP contribution in [0.25, 0.3) is 0 Å². The van der Waals surface area contributed by atoms with Crippen molar-refractivity contribution >= 4 is 17.5 Å². The van der Waals surface area contributed by atoms with Gasteiger partial charge in [0.05, 0.1) is 6.42 Å². The number of nitrogen functional groups attached to an aromatic ring is 1. The first-order chi connectivity index (χ1) is 12.4. The van der Waals surface area contributed by atoms with Crippen molar-refractivity contribution in [3.05, 3.63) is 46.8 Å². The third kappa shape index (κ3) is 3.64. The zero-order valence-electron chi connectivity index (χ0n) is 16.0. The van der Waals surface area contributed by atoms with Crippen molar-refractivity contribution in [1.29, 1.82) is 0 Å². The molecule has 1 atom stereocenters. The minimum atomic E-state index is 0.126. The molecule has 0 unspecified atom stereocenters. The lowest BCUT2D eigenvalue weighted by atomic mass is 10.1. The van der Waals surface area contributed by atoms with E-state index in [1.165, 1.54) is 11.3 Å². The van der Waals surface area contributed by atoms with Gasteiger partial charge in [0.1, 0.15) is 0 Å². The van der Waals surface area contributed by atoms with Gasteiger partial charge in [0.25, 0.3) is 0 Å². The molecule has 2 aromatic rings. The molecule has 1 aliphatic rings. The highest BCUT2D eigenvalue weighted by molar-refractivity contribution is 5.80. The summed E-state index contributed by atoms with van der Waals surface area (Å²) in [4.78, 5) is 25.6. The Morgan fingerprint density at radius 2 is 1.81 bits per heavy atom. The summed E-state index contributed by atoms with van der Waals surface area (Å²) in [6.07, 6.45) is 0.326. The summed E-state index contributed by atoms with van der Waals surface area (Å²) in [7, 11) is 0. The summed E-state index contributed by atoms with van der Waals surface area (Å²) in [6.45, 7) is 10.4. The number of rotatable bonds is 3. The minimum Gasteiger partial charge on any atom is -0.368 e. The van der Waals surface area contributed by atoms with Gasteiger partial charge < -0.3 is 15.5 Å². The molecular weight excluding hydrogens is 326 g/mol. The highest BCUT2D eigenvalue weighted by atomic mass is 16.2. The van der Waals surface area contributed by atoms with Crippen LogP contribution in [-0.2, 0) is 11.2 Å². The minimum absolute atomic E-state index is 0.126. The summed E-state index contributed by atoms with van der Waals surface area (Å²) in [5, 5.41) is 0. The second-order valence-electron chi connectivity index (χ2n) is 7.08. The van der Waals surface area contributed by atoms with Gasteiger partial charge in [-0.2, -0.15) is 0 Å². The zero-order valence-corrected chi connectivity index (χ0v) is 16.0. The van der Waals surface area contributed by atoms with Gasteiger partial charge >= 0.3 is 0 Å². The molecule has 1 aromatic carbocycles. The van der Waals surface area contributed by atoms with Crippen molar-refractivity contribution < 1.29 is 4.79 Å². The number of hydrogen-bond acceptors (Lipinski definition) is 5. The Labute approximate surface area is 155 Å². The van der Waals surface area contributed by atoms with Gasteiger partial charge in [-0.15, -0.1) is 0 Å². The quantitative estimate of drug-likeness (QED) is 0.916. The van der Waals surface area contributed by atoms with Crippen molar-refractivity contribution in [1.82, 2.24) is 14.9 Å². The summed E-state index contributed by atoms with van der Waals surface area (Å²) in [5.41, 5.74) is 10.7. The van der Waals surface area contributed by atoms with Gasteiger partial charge in [-0.05, 0) is 39.3 Å². The zero-order chi connectivity index (χ0) is 18.8. The predicted molar refractivity (Wildman–Crippen MR) is 104 cm³/mol. The first-order valence-electron chi connectivity index (χ1n) is 9.06. The average Bonchev–Trinajstić information content (AvgIpc) is 2.58. The van der Waals surface area contributed by atoms with E-state index >= 15 is 0 Å². The van der Waals surface area contributed by atoms with Gasteiger partial charge in [-0.3, -0.25) is 4.79 Å². The molecule has 1 aliphatic heterocycles. The lowest BCUT2D eigenvalue weighted by molar-refractivity contribution is -0.132. The third-order valence-electron chi connectivity index (χ3n) is 5.17. The summed E-state index contributed by atoms with van der Waals surface area (Å²) >= 11 is 0. The molecule has 2 heterocycles. The standard InChI is InChI=1S/C20H27N5O/c1-13-7-5-6-8-18(13)24-9-10-25(14(2)12-24)19(26)11-17-15(3)22-20(21)23-16(17)4/h5-8,14H,9-12H2,1-4H3,(H2,21,22,23)/t14-/m1/s1. The summed E-state index contributed by atoms with van der Waals surface area (Å²) in [6, 6.07) is 8.56.